The molecular formula is C22H34IN3O5. The van der Waals surface area contributed by atoms with Crippen LogP contribution >= 0.6 is 24.0 Å². The molecule has 1 fully saturated rings. The van der Waals surface area contributed by atoms with Gasteiger partial charge in [0.05, 0.1) is 32.8 Å². The van der Waals surface area contributed by atoms with Crippen molar-refractivity contribution in [1.29, 1.82) is 0 Å². The SMILES string of the molecule is COC(=O)C(C)CN=C(NCCCOCC1CC1)Nc1ccc2c(c1)OCCCO2.I. The van der Waals surface area contributed by atoms with Gasteiger partial charge in [-0.2, -0.15) is 0 Å². The maximum absolute atomic E-state index is 11.7. The van der Waals surface area contributed by atoms with E-state index in [4.69, 9.17) is 18.9 Å². The van der Waals surface area contributed by atoms with Crippen molar-refractivity contribution in [2.45, 2.75) is 32.6 Å². The van der Waals surface area contributed by atoms with Crippen molar-refractivity contribution >= 4 is 41.6 Å². The summed E-state index contributed by atoms with van der Waals surface area (Å²) in [6, 6.07) is 5.72. The lowest BCUT2D eigenvalue weighted by Gasteiger charge is -2.15. The highest BCUT2D eigenvalue weighted by molar-refractivity contribution is 14.0. The third-order valence-electron chi connectivity index (χ3n) is 4.95. The van der Waals surface area contributed by atoms with Crippen molar-refractivity contribution in [2.75, 3.05) is 51.9 Å². The number of guanidine groups is 1. The predicted octanol–water partition coefficient (Wildman–Crippen LogP) is 3.45. The number of halogens is 1. The minimum Gasteiger partial charge on any atom is -0.490 e. The molecule has 1 aliphatic carbocycles. The molecule has 1 atom stereocenters. The second-order valence-electron chi connectivity index (χ2n) is 7.75. The summed E-state index contributed by atoms with van der Waals surface area (Å²) in [7, 11) is 1.39. The molecule has 0 spiro atoms. The molecule has 1 unspecified atom stereocenters. The maximum Gasteiger partial charge on any atom is 0.310 e. The van der Waals surface area contributed by atoms with E-state index in [1.54, 1.807) is 6.92 Å². The topological polar surface area (TPSA) is 90.4 Å². The molecule has 0 bridgehead atoms. The van der Waals surface area contributed by atoms with Crippen LogP contribution in [0.3, 0.4) is 0 Å². The summed E-state index contributed by atoms with van der Waals surface area (Å²) in [5, 5.41) is 6.60. The zero-order valence-electron chi connectivity index (χ0n) is 18.4. The molecule has 1 aromatic rings. The largest absolute Gasteiger partial charge is 0.490 e. The van der Waals surface area contributed by atoms with Crippen molar-refractivity contribution < 1.29 is 23.7 Å². The lowest BCUT2D eigenvalue weighted by atomic mass is 10.2. The molecule has 2 N–H and O–H groups in total. The number of fused-ring (bicyclic) bond motifs is 1. The minimum atomic E-state index is -0.320. The molecule has 1 heterocycles. The van der Waals surface area contributed by atoms with E-state index < -0.39 is 0 Å². The summed E-state index contributed by atoms with van der Waals surface area (Å²) in [4.78, 5) is 16.2. The number of anilines is 1. The molecule has 3 rings (SSSR count). The average molecular weight is 547 g/mol. The van der Waals surface area contributed by atoms with Crippen molar-refractivity contribution in [3.63, 3.8) is 0 Å². The van der Waals surface area contributed by atoms with Gasteiger partial charge in [-0.15, -0.1) is 24.0 Å². The Labute approximate surface area is 201 Å². The normalized spacial score (nSPS) is 16.5. The van der Waals surface area contributed by atoms with Crippen LogP contribution in [0.15, 0.2) is 23.2 Å². The van der Waals surface area contributed by atoms with Crippen LogP contribution in [-0.2, 0) is 14.3 Å². The Morgan fingerprint density at radius 3 is 2.77 bits per heavy atom. The second-order valence-corrected chi connectivity index (χ2v) is 7.75. The van der Waals surface area contributed by atoms with E-state index in [-0.39, 0.29) is 35.9 Å². The summed E-state index contributed by atoms with van der Waals surface area (Å²) in [5.41, 5.74) is 0.834. The molecule has 174 valence electrons. The summed E-state index contributed by atoms with van der Waals surface area (Å²) in [6.07, 6.45) is 4.33. The number of esters is 1. The van der Waals surface area contributed by atoms with Gasteiger partial charge in [0, 0.05) is 37.9 Å². The molecule has 1 saturated carbocycles. The first kappa shape index (κ1) is 25.5. The third-order valence-corrected chi connectivity index (χ3v) is 4.95. The van der Waals surface area contributed by atoms with Crippen LogP contribution in [0.5, 0.6) is 11.5 Å². The molecule has 0 aromatic heterocycles. The monoisotopic (exact) mass is 547 g/mol. The molecular weight excluding hydrogens is 513 g/mol. The quantitative estimate of drug-likeness (QED) is 0.153. The highest BCUT2D eigenvalue weighted by atomic mass is 127. The molecule has 1 aliphatic heterocycles. The van der Waals surface area contributed by atoms with E-state index in [0.29, 0.717) is 38.0 Å². The van der Waals surface area contributed by atoms with Gasteiger partial charge in [-0.05, 0) is 37.3 Å². The summed E-state index contributed by atoms with van der Waals surface area (Å²) < 4.78 is 21.9. The molecule has 0 saturated heterocycles. The van der Waals surface area contributed by atoms with Gasteiger partial charge in [-0.3, -0.25) is 9.79 Å². The molecule has 2 aliphatic rings. The van der Waals surface area contributed by atoms with E-state index in [1.165, 1.54) is 20.0 Å². The number of methoxy groups -OCH3 is 1. The summed E-state index contributed by atoms with van der Waals surface area (Å²) in [5.74, 6) is 2.24. The smallest absolute Gasteiger partial charge is 0.310 e. The lowest BCUT2D eigenvalue weighted by molar-refractivity contribution is -0.144. The first-order valence-corrected chi connectivity index (χ1v) is 10.8. The van der Waals surface area contributed by atoms with Gasteiger partial charge in [0.2, 0.25) is 0 Å². The number of nitrogens with one attached hydrogen (secondary N) is 2. The third kappa shape index (κ3) is 9.10. The maximum atomic E-state index is 11.7. The van der Waals surface area contributed by atoms with E-state index >= 15 is 0 Å². The van der Waals surface area contributed by atoms with Gasteiger partial charge in [-0.1, -0.05) is 6.92 Å². The van der Waals surface area contributed by atoms with E-state index in [9.17, 15) is 4.79 Å². The van der Waals surface area contributed by atoms with Crippen LogP contribution in [0, 0.1) is 11.8 Å². The number of carbonyl (C=O) groups excluding carboxylic acids is 1. The van der Waals surface area contributed by atoms with Gasteiger partial charge in [0.25, 0.3) is 0 Å². The number of rotatable bonds is 10. The van der Waals surface area contributed by atoms with Crippen LogP contribution in [-0.4, -0.2) is 58.6 Å². The Hall–Kier alpha value is -1.75. The highest BCUT2D eigenvalue weighted by Crippen LogP contribution is 2.32. The van der Waals surface area contributed by atoms with E-state index in [1.807, 2.05) is 18.2 Å². The van der Waals surface area contributed by atoms with Gasteiger partial charge in [0.1, 0.15) is 0 Å². The van der Waals surface area contributed by atoms with Gasteiger partial charge in [-0.25, -0.2) is 0 Å². The molecule has 0 radical (unpaired) electrons. The number of aliphatic imine (C=N–C) groups is 1. The zero-order valence-corrected chi connectivity index (χ0v) is 20.7. The summed E-state index contributed by atoms with van der Waals surface area (Å²) in [6.45, 7) is 5.71. The van der Waals surface area contributed by atoms with Crippen molar-refractivity contribution in [1.82, 2.24) is 5.32 Å². The van der Waals surface area contributed by atoms with E-state index in [2.05, 4.69) is 15.6 Å². The first-order chi connectivity index (χ1) is 14.7. The second kappa shape index (κ2) is 13.6. The van der Waals surface area contributed by atoms with Gasteiger partial charge in [0.15, 0.2) is 17.5 Å². The van der Waals surface area contributed by atoms with Crippen LogP contribution in [0.2, 0.25) is 0 Å². The van der Waals surface area contributed by atoms with E-state index in [0.717, 1.165) is 43.4 Å². The Balaban J connectivity index is 0.00000341. The Morgan fingerprint density at radius 1 is 1.26 bits per heavy atom. The fourth-order valence-corrected chi connectivity index (χ4v) is 2.94. The molecule has 1 aromatic carbocycles. The van der Waals surface area contributed by atoms with Gasteiger partial charge >= 0.3 is 5.97 Å². The lowest BCUT2D eigenvalue weighted by Crippen LogP contribution is -2.33. The van der Waals surface area contributed by atoms with Crippen LogP contribution in [0.25, 0.3) is 0 Å². The first-order valence-electron chi connectivity index (χ1n) is 10.8. The number of nitrogens with zero attached hydrogens (tertiary/aromatic N) is 1. The van der Waals surface area contributed by atoms with Crippen molar-refractivity contribution in [3.05, 3.63) is 18.2 Å². The van der Waals surface area contributed by atoms with Crippen molar-refractivity contribution in [2.24, 2.45) is 16.8 Å². The Morgan fingerprint density at radius 2 is 2.03 bits per heavy atom. The average Bonchev–Trinajstić information content (AvgIpc) is 3.60. The predicted molar refractivity (Wildman–Crippen MR) is 131 cm³/mol. The highest BCUT2D eigenvalue weighted by Gasteiger charge is 2.20. The molecule has 31 heavy (non-hydrogen) atoms. The summed E-state index contributed by atoms with van der Waals surface area (Å²) >= 11 is 0. The number of benzene rings is 1. The number of carbonyl (C=O) groups is 1. The molecule has 9 heteroatoms. The number of hydrogen-bond donors (Lipinski definition) is 2. The molecule has 8 nitrogen and oxygen atoms in total. The standard InChI is InChI=1S/C22H33N3O5.HI/c1-16(21(26)27-2)14-24-22(23-9-3-10-28-15-17-5-6-17)25-18-7-8-19-20(13-18)30-12-4-11-29-19;/h7-8,13,16-17H,3-6,9-12,14-15H2,1-2H3,(H2,23,24,25);1H. The van der Waals surface area contributed by atoms with Crippen LogP contribution in [0.4, 0.5) is 5.69 Å². The zero-order chi connectivity index (χ0) is 21.2. The van der Waals surface area contributed by atoms with Crippen LogP contribution < -0.4 is 20.1 Å². The molecule has 0 amide bonds. The fourth-order valence-electron chi connectivity index (χ4n) is 2.94. The van der Waals surface area contributed by atoms with Crippen LogP contribution in [0.1, 0.15) is 32.6 Å². The number of ether oxygens (including phenoxy) is 4. The number of hydrogen-bond acceptors (Lipinski definition) is 6. The Kier molecular flexibility index (Phi) is 11.2. The minimum absolute atomic E-state index is 0. The van der Waals surface area contributed by atoms with Gasteiger partial charge < -0.3 is 29.6 Å². The fraction of sp³-hybridized carbons (Fsp3) is 0.636. The van der Waals surface area contributed by atoms with Crippen molar-refractivity contribution in [3.8, 4) is 11.5 Å². The Bertz CT molecular complexity index is 727.